The molecule has 118 valence electrons. The molecule has 2 heterocycles. The van der Waals surface area contributed by atoms with Crippen LogP contribution in [0.15, 0.2) is 30.5 Å². The lowest BCUT2D eigenvalue weighted by molar-refractivity contribution is 0.0333. The fourth-order valence-corrected chi connectivity index (χ4v) is 2.55. The largest absolute Gasteiger partial charge is 0.497 e. The molecule has 1 saturated heterocycles. The third-order valence-electron chi connectivity index (χ3n) is 3.86. The van der Waals surface area contributed by atoms with Crippen molar-refractivity contribution in [3.05, 3.63) is 41.7 Å². The van der Waals surface area contributed by atoms with E-state index in [0.717, 1.165) is 55.5 Å². The molecule has 0 atom stereocenters. The molecule has 0 amide bonds. The molecule has 0 aliphatic carbocycles. The van der Waals surface area contributed by atoms with E-state index in [1.807, 2.05) is 30.5 Å². The van der Waals surface area contributed by atoms with Crippen molar-refractivity contribution in [3.8, 4) is 11.4 Å². The van der Waals surface area contributed by atoms with Gasteiger partial charge in [-0.3, -0.25) is 4.90 Å². The van der Waals surface area contributed by atoms with Crippen LogP contribution in [0, 0.1) is 0 Å². The number of aliphatic hydroxyl groups excluding tert-OH is 1. The SMILES string of the molecule is COc1ccc(-n2cc(CO)c(CN3CCOCC3)n2)cc1. The van der Waals surface area contributed by atoms with Crippen molar-refractivity contribution >= 4 is 0 Å². The minimum absolute atomic E-state index is 0.00414. The van der Waals surface area contributed by atoms with Gasteiger partial charge in [-0.2, -0.15) is 5.10 Å². The molecule has 6 nitrogen and oxygen atoms in total. The summed E-state index contributed by atoms with van der Waals surface area (Å²) in [6, 6.07) is 7.70. The molecule has 1 aliphatic heterocycles. The van der Waals surface area contributed by atoms with Gasteiger partial charge >= 0.3 is 0 Å². The lowest BCUT2D eigenvalue weighted by Gasteiger charge is -2.25. The smallest absolute Gasteiger partial charge is 0.119 e. The van der Waals surface area contributed by atoms with Gasteiger partial charge in [0.2, 0.25) is 0 Å². The van der Waals surface area contributed by atoms with Crippen LogP contribution in [0.3, 0.4) is 0 Å². The van der Waals surface area contributed by atoms with Crippen LogP contribution in [-0.4, -0.2) is 53.2 Å². The second-order valence-electron chi connectivity index (χ2n) is 5.29. The van der Waals surface area contributed by atoms with Crippen molar-refractivity contribution in [2.45, 2.75) is 13.2 Å². The molecule has 0 spiro atoms. The second-order valence-corrected chi connectivity index (χ2v) is 5.29. The minimum atomic E-state index is -0.00414. The Morgan fingerprint density at radius 3 is 2.59 bits per heavy atom. The molecule has 1 aliphatic rings. The maximum atomic E-state index is 9.57. The van der Waals surface area contributed by atoms with E-state index >= 15 is 0 Å². The van der Waals surface area contributed by atoms with Crippen molar-refractivity contribution in [2.75, 3.05) is 33.4 Å². The topological polar surface area (TPSA) is 59.8 Å². The Morgan fingerprint density at radius 1 is 1.23 bits per heavy atom. The molecular formula is C16H21N3O3. The predicted octanol–water partition coefficient (Wildman–Crippen LogP) is 1.21. The summed E-state index contributed by atoms with van der Waals surface area (Å²) in [7, 11) is 1.65. The maximum Gasteiger partial charge on any atom is 0.119 e. The Bertz CT molecular complexity index is 604. The summed E-state index contributed by atoms with van der Waals surface area (Å²) in [5.41, 5.74) is 2.73. The number of hydrogen-bond donors (Lipinski definition) is 1. The molecule has 6 heteroatoms. The van der Waals surface area contributed by atoms with Gasteiger partial charge < -0.3 is 14.6 Å². The molecule has 0 saturated carbocycles. The number of morpholine rings is 1. The van der Waals surface area contributed by atoms with E-state index < -0.39 is 0 Å². The summed E-state index contributed by atoms with van der Waals surface area (Å²) in [4.78, 5) is 2.29. The van der Waals surface area contributed by atoms with Crippen LogP contribution >= 0.6 is 0 Å². The van der Waals surface area contributed by atoms with E-state index in [1.54, 1.807) is 11.8 Å². The number of aliphatic hydroxyl groups is 1. The third kappa shape index (κ3) is 3.30. The highest BCUT2D eigenvalue weighted by atomic mass is 16.5. The van der Waals surface area contributed by atoms with Crippen LogP contribution in [0.2, 0.25) is 0 Å². The molecule has 3 rings (SSSR count). The lowest BCUT2D eigenvalue weighted by Crippen LogP contribution is -2.36. The number of benzene rings is 1. The molecule has 0 bridgehead atoms. The Labute approximate surface area is 129 Å². The quantitative estimate of drug-likeness (QED) is 0.899. The monoisotopic (exact) mass is 303 g/mol. The summed E-state index contributed by atoms with van der Waals surface area (Å²) < 4.78 is 12.3. The number of aromatic nitrogens is 2. The summed E-state index contributed by atoms with van der Waals surface area (Å²) in [5.74, 6) is 0.812. The van der Waals surface area contributed by atoms with E-state index in [1.165, 1.54) is 0 Å². The zero-order chi connectivity index (χ0) is 15.4. The van der Waals surface area contributed by atoms with Gasteiger partial charge in [0.25, 0.3) is 0 Å². The molecular weight excluding hydrogens is 282 g/mol. The first-order valence-corrected chi connectivity index (χ1v) is 7.43. The van der Waals surface area contributed by atoms with Crippen LogP contribution in [0.5, 0.6) is 5.75 Å². The lowest BCUT2D eigenvalue weighted by atomic mass is 10.2. The standard InChI is InChI=1S/C16H21N3O3/c1-21-15-4-2-14(3-5-15)19-10-13(12-20)16(17-19)11-18-6-8-22-9-7-18/h2-5,10,20H,6-9,11-12H2,1H3. The van der Waals surface area contributed by atoms with E-state index in [4.69, 9.17) is 9.47 Å². The van der Waals surface area contributed by atoms with Crippen LogP contribution < -0.4 is 4.74 Å². The molecule has 22 heavy (non-hydrogen) atoms. The average molecular weight is 303 g/mol. The Kier molecular flexibility index (Phi) is 4.72. The summed E-state index contributed by atoms with van der Waals surface area (Å²) in [6.45, 7) is 4.06. The summed E-state index contributed by atoms with van der Waals surface area (Å²) in [5, 5.41) is 14.2. The number of nitrogens with zero attached hydrogens (tertiary/aromatic N) is 3. The first-order valence-electron chi connectivity index (χ1n) is 7.43. The van der Waals surface area contributed by atoms with Gasteiger partial charge in [-0.25, -0.2) is 4.68 Å². The van der Waals surface area contributed by atoms with Crippen LogP contribution in [-0.2, 0) is 17.9 Å². The highest BCUT2D eigenvalue weighted by Crippen LogP contribution is 2.18. The third-order valence-corrected chi connectivity index (χ3v) is 3.86. The molecule has 1 N–H and O–H groups in total. The second kappa shape index (κ2) is 6.91. The van der Waals surface area contributed by atoms with Gasteiger partial charge in [0.1, 0.15) is 5.75 Å². The molecule has 1 fully saturated rings. The minimum Gasteiger partial charge on any atom is -0.497 e. The number of hydrogen-bond acceptors (Lipinski definition) is 5. The van der Waals surface area contributed by atoms with E-state index in [9.17, 15) is 5.11 Å². The van der Waals surface area contributed by atoms with E-state index in [-0.39, 0.29) is 6.61 Å². The van der Waals surface area contributed by atoms with Crippen LogP contribution in [0.4, 0.5) is 0 Å². The van der Waals surface area contributed by atoms with Gasteiger partial charge in [-0.1, -0.05) is 0 Å². The average Bonchev–Trinajstić information content (AvgIpc) is 2.99. The van der Waals surface area contributed by atoms with Gasteiger partial charge in [-0.05, 0) is 24.3 Å². The van der Waals surface area contributed by atoms with E-state index in [2.05, 4.69) is 10.00 Å². The predicted molar refractivity (Wildman–Crippen MR) is 82.1 cm³/mol. The van der Waals surface area contributed by atoms with Gasteiger partial charge in [0.05, 0.1) is 38.3 Å². The van der Waals surface area contributed by atoms with Gasteiger partial charge in [-0.15, -0.1) is 0 Å². The number of rotatable bonds is 5. The van der Waals surface area contributed by atoms with Crippen molar-refractivity contribution in [2.24, 2.45) is 0 Å². The number of methoxy groups -OCH3 is 1. The molecule has 0 unspecified atom stereocenters. The van der Waals surface area contributed by atoms with Crippen molar-refractivity contribution in [3.63, 3.8) is 0 Å². The zero-order valence-corrected chi connectivity index (χ0v) is 12.7. The molecule has 0 radical (unpaired) electrons. The maximum absolute atomic E-state index is 9.57. The normalized spacial score (nSPS) is 15.9. The van der Waals surface area contributed by atoms with Crippen molar-refractivity contribution < 1.29 is 14.6 Å². The Hall–Kier alpha value is -1.89. The molecule has 1 aromatic carbocycles. The zero-order valence-electron chi connectivity index (χ0n) is 12.7. The fraction of sp³-hybridized carbons (Fsp3) is 0.438. The fourth-order valence-electron chi connectivity index (χ4n) is 2.55. The highest BCUT2D eigenvalue weighted by molar-refractivity contribution is 5.37. The first-order chi connectivity index (χ1) is 10.8. The van der Waals surface area contributed by atoms with Crippen LogP contribution in [0.1, 0.15) is 11.3 Å². The van der Waals surface area contributed by atoms with Crippen molar-refractivity contribution in [1.29, 1.82) is 0 Å². The van der Waals surface area contributed by atoms with Gasteiger partial charge in [0, 0.05) is 31.4 Å². The van der Waals surface area contributed by atoms with Gasteiger partial charge in [0.15, 0.2) is 0 Å². The number of ether oxygens (including phenoxy) is 2. The Morgan fingerprint density at radius 2 is 1.95 bits per heavy atom. The van der Waals surface area contributed by atoms with E-state index in [0.29, 0.717) is 0 Å². The summed E-state index contributed by atoms with van der Waals surface area (Å²) in [6.07, 6.45) is 1.89. The van der Waals surface area contributed by atoms with Crippen LogP contribution in [0.25, 0.3) is 5.69 Å². The first kappa shape index (κ1) is 15.0. The Balaban J connectivity index is 1.80. The molecule has 1 aromatic heterocycles. The molecule has 2 aromatic rings. The highest BCUT2D eigenvalue weighted by Gasteiger charge is 2.16. The summed E-state index contributed by atoms with van der Waals surface area (Å²) >= 11 is 0. The van der Waals surface area contributed by atoms with Crippen molar-refractivity contribution in [1.82, 2.24) is 14.7 Å².